The topological polar surface area (TPSA) is 98.0 Å². The Labute approximate surface area is 126 Å². The molecule has 0 aliphatic rings. The summed E-state index contributed by atoms with van der Waals surface area (Å²) in [6.07, 6.45) is 0. The van der Waals surface area contributed by atoms with Gasteiger partial charge < -0.3 is 15.7 Å². The van der Waals surface area contributed by atoms with Crippen molar-refractivity contribution in [2.24, 2.45) is 0 Å². The average Bonchev–Trinajstić information content (AvgIpc) is 2.51. The molecule has 3 N–H and O–H groups in total. The van der Waals surface area contributed by atoms with E-state index in [2.05, 4.69) is 21.7 Å². The van der Waals surface area contributed by atoms with Crippen LogP contribution in [0.25, 0.3) is 10.9 Å². The van der Waals surface area contributed by atoms with E-state index in [1.165, 1.54) is 13.1 Å². The number of rotatable bonds is 4. The number of pyridine rings is 1. The normalized spacial score (nSPS) is 11.7. The molecule has 0 aliphatic carbocycles. The summed E-state index contributed by atoms with van der Waals surface area (Å²) in [6.45, 7) is -0.387. The molecule has 0 radical (unpaired) electrons. The zero-order valence-corrected chi connectivity index (χ0v) is 12.0. The number of nitriles is 1. The molecule has 0 fully saturated rings. The van der Waals surface area contributed by atoms with Gasteiger partial charge in [-0.1, -0.05) is 11.6 Å². The molecule has 21 heavy (non-hydrogen) atoms. The third kappa shape index (κ3) is 3.21. The summed E-state index contributed by atoms with van der Waals surface area (Å²) in [7, 11) is 1.48. The number of hydrogen-bond acceptors (Lipinski definition) is 5. The van der Waals surface area contributed by atoms with Crippen LogP contribution < -0.4 is 10.6 Å². The molecule has 1 unspecified atom stereocenters. The van der Waals surface area contributed by atoms with Crippen molar-refractivity contribution in [2.75, 3.05) is 19.0 Å². The Hall–Kier alpha value is -2.36. The van der Waals surface area contributed by atoms with E-state index in [9.17, 15) is 15.2 Å². The molecule has 6 nitrogen and oxygen atoms in total. The number of carbonyl (C=O) groups excluding carboxylic acids is 1. The zero-order chi connectivity index (χ0) is 15.4. The van der Waals surface area contributed by atoms with Crippen molar-refractivity contribution in [3.63, 3.8) is 0 Å². The van der Waals surface area contributed by atoms with Gasteiger partial charge in [0, 0.05) is 17.5 Å². The summed E-state index contributed by atoms with van der Waals surface area (Å²) in [5, 5.41) is 24.8. The fraction of sp³-hybridized carbons (Fsp3) is 0.214. The van der Waals surface area contributed by atoms with Crippen molar-refractivity contribution in [3.8, 4) is 6.07 Å². The van der Waals surface area contributed by atoms with Gasteiger partial charge in [0.1, 0.15) is 11.9 Å². The number of likely N-dealkylation sites (N-methyl/N-ethyl adjacent to an activating group) is 1. The van der Waals surface area contributed by atoms with Crippen LogP contribution in [-0.4, -0.2) is 35.7 Å². The largest absolute Gasteiger partial charge is 0.394 e. The first kappa shape index (κ1) is 15.0. The van der Waals surface area contributed by atoms with E-state index in [1.807, 2.05) is 0 Å². The van der Waals surface area contributed by atoms with Gasteiger partial charge in [-0.15, -0.1) is 0 Å². The molecule has 2 rings (SSSR count). The molecular formula is C14H13ClN4O2. The lowest BCUT2D eigenvalue weighted by Crippen LogP contribution is -2.40. The molecule has 7 heteroatoms. The number of halogens is 1. The SMILES string of the molecule is CNC(=O)C(CO)Nc1cc(C#N)c2cc(Cl)ccc2n1. The van der Waals surface area contributed by atoms with Gasteiger partial charge in [-0.3, -0.25) is 4.79 Å². The molecule has 1 heterocycles. The molecule has 0 spiro atoms. The minimum absolute atomic E-state index is 0.337. The highest BCUT2D eigenvalue weighted by Gasteiger charge is 2.17. The Kier molecular flexibility index (Phi) is 4.58. The highest BCUT2D eigenvalue weighted by molar-refractivity contribution is 6.31. The summed E-state index contributed by atoms with van der Waals surface area (Å²) < 4.78 is 0. The van der Waals surface area contributed by atoms with Crippen LogP contribution in [0.2, 0.25) is 5.02 Å². The van der Waals surface area contributed by atoms with Crippen LogP contribution in [0.15, 0.2) is 24.3 Å². The van der Waals surface area contributed by atoms with Crippen LogP contribution >= 0.6 is 11.6 Å². The Balaban J connectivity index is 2.44. The van der Waals surface area contributed by atoms with Crippen LogP contribution in [-0.2, 0) is 4.79 Å². The summed E-state index contributed by atoms with van der Waals surface area (Å²) in [5.74, 6) is -0.0296. The number of hydrogen-bond donors (Lipinski definition) is 3. The minimum Gasteiger partial charge on any atom is -0.394 e. The van der Waals surface area contributed by atoms with Gasteiger partial charge >= 0.3 is 0 Å². The van der Waals surface area contributed by atoms with E-state index >= 15 is 0 Å². The number of nitrogens with one attached hydrogen (secondary N) is 2. The Bertz CT molecular complexity index is 727. The lowest BCUT2D eigenvalue weighted by Gasteiger charge is -2.16. The van der Waals surface area contributed by atoms with Crippen molar-refractivity contribution in [2.45, 2.75) is 6.04 Å². The number of fused-ring (bicyclic) bond motifs is 1. The van der Waals surface area contributed by atoms with Crippen LogP contribution in [0.5, 0.6) is 0 Å². The number of aliphatic hydroxyl groups is 1. The molecule has 1 aromatic carbocycles. The number of aromatic nitrogens is 1. The molecule has 0 aliphatic heterocycles. The number of nitrogens with zero attached hydrogens (tertiary/aromatic N) is 2. The second-order valence-electron chi connectivity index (χ2n) is 4.32. The summed E-state index contributed by atoms with van der Waals surface area (Å²) in [4.78, 5) is 15.9. The average molecular weight is 305 g/mol. The van der Waals surface area contributed by atoms with Crippen molar-refractivity contribution in [1.29, 1.82) is 5.26 Å². The lowest BCUT2D eigenvalue weighted by molar-refractivity contribution is -0.122. The molecule has 0 saturated heterocycles. The molecule has 1 aromatic heterocycles. The van der Waals surface area contributed by atoms with E-state index in [4.69, 9.17) is 11.6 Å². The van der Waals surface area contributed by atoms with Crippen molar-refractivity contribution in [1.82, 2.24) is 10.3 Å². The van der Waals surface area contributed by atoms with Crippen LogP contribution in [0.3, 0.4) is 0 Å². The first-order valence-electron chi connectivity index (χ1n) is 6.18. The summed E-state index contributed by atoms with van der Waals surface area (Å²) in [5.41, 5.74) is 0.966. The zero-order valence-electron chi connectivity index (χ0n) is 11.2. The van der Waals surface area contributed by atoms with E-state index in [1.54, 1.807) is 18.2 Å². The molecular weight excluding hydrogens is 292 g/mol. The maximum Gasteiger partial charge on any atom is 0.244 e. The smallest absolute Gasteiger partial charge is 0.244 e. The maximum atomic E-state index is 11.6. The van der Waals surface area contributed by atoms with E-state index in [0.717, 1.165) is 0 Å². The molecule has 0 bridgehead atoms. The second kappa shape index (κ2) is 6.39. The Morgan fingerprint density at radius 2 is 2.29 bits per heavy atom. The van der Waals surface area contributed by atoms with Gasteiger partial charge in [-0.2, -0.15) is 5.26 Å². The molecule has 108 valence electrons. The third-order valence-corrected chi connectivity index (χ3v) is 3.19. The van der Waals surface area contributed by atoms with E-state index in [-0.39, 0.29) is 12.5 Å². The van der Waals surface area contributed by atoms with Gasteiger partial charge in [-0.25, -0.2) is 4.98 Å². The first-order valence-corrected chi connectivity index (χ1v) is 6.56. The summed E-state index contributed by atoms with van der Waals surface area (Å²) >= 11 is 5.92. The van der Waals surface area contributed by atoms with Crippen molar-refractivity contribution >= 4 is 34.2 Å². The number of carbonyl (C=O) groups is 1. The molecule has 0 saturated carbocycles. The number of aliphatic hydroxyl groups excluding tert-OH is 1. The molecule has 1 amide bonds. The Morgan fingerprint density at radius 1 is 1.52 bits per heavy atom. The van der Waals surface area contributed by atoms with E-state index in [0.29, 0.717) is 27.3 Å². The Morgan fingerprint density at radius 3 is 2.90 bits per heavy atom. The fourth-order valence-electron chi connectivity index (χ4n) is 1.91. The molecule has 2 aromatic rings. The number of anilines is 1. The molecule has 1 atom stereocenters. The van der Waals surface area contributed by atoms with Crippen LogP contribution in [0.1, 0.15) is 5.56 Å². The first-order chi connectivity index (χ1) is 10.1. The van der Waals surface area contributed by atoms with E-state index < -0.39 is 6.04 Å². The van der Waals surface area contributed by atoms with Gasteiger partial charge in [-0.05, 0) is 24.3 Å². The highest BCUT2D eigenvalue weighted by Crippen LogP contribution is 2.24. The fourth-order valence-corrected chi connectivity index (χ4v) is 2.08. The van der Waals surface area contributed by atoms with Gasteiger partial charge in [0.05, 0.1) is 23.8 Å². The third-order valence-electron chi connectivity index (χ3n) is 2.96. The van der Waals surface area contributed by atoms with Crippen LogP contribution in [0.4, 0.5) is 5.82 Å². The number of amides is 1. The van der Waals surface area contributed by atoms with Crippen molar-refractivity contribution < 1.29 is 9.90 Å². The van der Waals surface area contributed by atoms with Gasteiger partial charge in [0.25, 0.3) is 0 Å². The minimum atomic E-state index is -0.834. The lowest BCUT2D eigenvalue weighted by atomic mass is 10.1. The van der Waals surface area contributed by atoms with Crippen molar-refractivity contribution in [3.05, 3.63) is 34.9 Å². The van der Waals surface area contributed by atoms with Crippen LogP contribution in [0, 0.1) is 11.3 Å². The maximum absolute atomic E-state index is 11.6. The highest BCUT2D eigenvalue weighted by atomic mass is 35.5. The summed E-state index contributed by atoms with van der Waals surface area (Å²) in [6, 6.07) is 7.78. The quantitative estimate of drug-likeness (QED) is 0.790. The predicted molar refractivity (Wildman–Crippen MR) is 80.0 cm³/mol. The van der Waals surface area contributed by atoms with Gasteiger partial charge in [0.2, 0.25) is 5.91 Å². The second-order valence-corrected chi connectivity index (χ2v) is 4.76. The monoisotopic (exact) mass is 304 g/mol. The number of benzene rings is 1. The standard InChI is InChI=1S/C14H13ClN4O2/c1-17-14(21)12(7-20)19-13-4-8(6-16)10-5-9(15)2-3-11(10)18-13/h2-5,12,20H,7H2,1H3,(H,17,21)(H,18,19). The predicted octanol–water partition coefficient (Wildman–Crippen LogP) is 1.28. The van der Waals surface area contributed by atoms with Gasteiger partial charge in [0.15, 0.2) is 0 Å².